The summed E-state index contributed by atoms with van der Waals surface area (Å²) in [5, 5.41) is 2.96. The van der Waals surface area contributed by atoms with Crippen LogP contribution in [-0.2, 0) is 11.3 Å². The minimum absolute atomic E-state index is 0.154. The van der Waals surface area contributed by atoms with Crippen LogP contribution in [-0.4, -0.2) is 36.4 Å². The molecule has 0 bridgehead atoms. The zero-order valence-corrected chi connectivity index (χ0v) is 9.23. The lowest BCUT2D eigenvalue weighted by molar-refractivity contribution is -0.130. The first kappa shape index (κ1) is 11.7. The highest BCUT2D eigenvalue weighted by Crippen LogP contribution is 2.02. The van der Waals surface area contributed by atoms with E-state index in [1.165, 1.54) is 0 Å². The first-order valence-corrected chi connectivity index (χ1v) is 5.01. The molecule has 15 heavy (non-hydrogen) atoms. The fraction of sp³-hybridized carbons (Fsp3) is 0.455. The maximum atomic E-state index is 11.6. The van der Waals surface area contributed by atoms with Crippen molar-refractivity contribution in [3.63, 3.8) is 0 Å². The summed E-state index contributed by atoms with van der Waals surface area (Å²) in [5.74, 6) is 0.154. The predicted molar refractivity (Wildman–Crippen MR) is 59.3 cm³/mol. The predicted octanol–water partition coefficient (Wildman–Crippen LogP) is 0.649. The van der Waals surface area contributed by atoms with E-state index in [9.17, 15) is 4.79 Å². The molecule has 1 rings (SSSR count). The fourth-order valence-corrected chi connectivity index (χ4v) is 1.27. The Kier molecular flexibility index (Phi) is 4.77. The molecule has 0 unspecified atom stereocenters. The van der Waals surface area contributed by atoms with Crippen LogP contribution in [0.3, 0.4) is 0 Å². The van der Waals surface area contributed by atoms with E-state index in [1.54, 1.807) is 17.3 Å². The van der Waals surface area contributed by atoms with Crippen LogP contribution >= 0.6 is 0 Å². The van der Waals surface area contributed by atoms with Gasteiger partial charge in [0, 0.05) is 39.0 Å². The number of carbonyl (C=O) groups excluding carboxylic acids is 1. The highest BCUT2D eigenvalue weighted by Gasteiger charge is 2.07. The summed E-state index contributed by atoms with van der Waals surface area (Å²) in [6.45, 7) is 1.37. The number of nitrogens with one attached hydrogen (secondary N) is 1. The molecule has 0 saturated carbocycles. The second kappa shape index (κ2) is 6.14. The summed E-state index contributed by atoms with van der Waals surface area (Å²) >= 11 is 0. The van der Waals surface area contributed by atoms with Gasteiger partial charge in [0.25, 0.3) is 0 Å². The Labute approximate surface area is 90.3 Å². The molecule has 0 spiro atoms. The molecule has 4 heteroatoms. The molecule has 4 nitrogen and oxygen atoms in total. The Balaban J connectivity index is 2.41. The van der Waals surface area contributed by atoms with Crippen molar-refractivity contribution < 1.29 is 4.79 Å². The van der Waals surface area contributed by atoms with Crippen molar-refractivity contribution in [3.05, 3.63) is 30.1 Å². The van der Waals surface area contributed by atoms with Crippen LogP contribution in [0.5, 0.6) is 0 Å². The molecule has 1 aromatic heterocycles. The van der Waals surface area contributed by atoms with Crippen molar-refractivity contribution in [2.24, 2.45) is 0 Å². The molecule has 0 aliphatic carbocycles. The number of carbonyl (C=O) groups is 1. The largest absolute Gasteiger partial charge is 0.341 e. The average molecular weight is 207 g/mol. The van der Waals surface area contributed by atoms with E-state index in [2.05, 4.69) is 10.3 Å². The van der Waals surface area contributed by atoms with Gasteiger partial charge in [-0.1, -0.05) is 0 Å². The molecular formula is C11H17N3O. The summed E-state index contributed by atoms with van der Waals surface area (Å²) in [6.07, 6.45) is 4.01. The summed E-state index contributed by atoms with van der Waals surface area (Å²) in [6, 6.07) is 3.84. The van der Waals surface area contributed by atoms with E-state index in [-0.39, 0.29) is 5.91 Å². The number of hydrogen-bond acceptors (Lipinski definition) is 3. The van der Waals surface area contributed by atoms with Crippen molar-refractivity contribution >= 4 is 5.91 Å². The lowest BCUT2D eigenvalue weighted by atomic mass is 10.2. The Morgan fingerprint density at radius 1 is 1.47 bits per heavy atom. The number of rotatable bonds is 5. The van der Waals surface area contributed by atoms with Crippen molar-refractivity contribution in [1.82, 2.24) is 15.2 Å². The smallest absolute Gasteiger partial charge is 0.223 e. The van der Waals surface area contributed by atoms with E-state index in [0.29, 0.717) is 13.0 Å². The van der Waals surface area contributed by atoms with Gasteiger partial charge in [-0.3, -0.25) is 9.78 Å². The number of hydrogen-bond donors (Lipinski definition) is 1. The molecule has 0 aliphatic heterocycles. The molecule has 1 heterocycles. The fourth-order valence-electron chi connectivity index (χ4n) is 1.27. The van der Waals surface area contributed by atoms with E-state index in [1.807, 2.05) is 26.2 Å². The van der Waals surface area contributed by atoms with E-state index in [0.717, 1.165) is 12.1 Å². The molecule has 0 aliphatic rings. The third-order valence-corrected chi connectivity index (χ3v) is 2.18. The van der Waals surface area contributed by atoms with Crippen LogP contribution in [0.25, 0.3) is 0 Å². The highest BCUT2D eigenvalue weighted by atomic mass is 16.2. The monoisotopic (exact) mass is 207 g/mol. The van der Waals surface area contributed by atoms with Crippen molar-refractivity contribution in [3.8, 4) is 0 Å². The van der Waals surface area contributed by atoms with Gasteiger partial charge >= 0.3 is 0 Å². The minimum atomic E-state index is 0.154. The zero-order valence-electron chi connectivity index (χ0n) is 9.23. The van der Waals surface area contributed by atoms with Gasteiger partial charge in [-0.15, -0.1) is 0 Å². The zero-order chi connectivity index (χ0) is 11.1. The second-order valence-electron chi connectivity index (χ2n) is 3.46. The maximum Gasteiger partial charge on any atom is 0.223 e. The van der Waals surface area contributed by atoms with Gasteiger partial charge < -0.3 is 10.2 Å². The summed E-state index contributed by atoms with van der Waals surface area (Å²) in [4.78, 5) is 17.2. The standard InChI is InChI=1S/C11H17N3O/c1-12-6-5-11(15)14(2)9-10-3-7-13-8-4-10/h3-4,7-8,12H,5-6,9H2,1-2H3. The van der Waals surface area contributed by atoms with Gasteiger partial charge in [-0.05, 0) is 24.7 Å². The second-order valence-corrected chi connectivity index (χ2v) is 3.46. The third-order valence-electron chi connectivity index (χ3n) is 2.18. The minimum Gasteiger partial charge on any atom is -0.341 e. The molecule has 0 aromatic carbocycles. The molecular weight excluding hydrogens is 190 g/mol. The topological polar surface area (TPSA) is 45.2 Å². The lowest BCUT2D eigenvalue weighted by Gasteiger charge is -2.16. The number of amides is 1. The van der Waals surface area contributed by atoms with Crippen molar-refractivity contribution in [2.75, 3.05) is 20.6 Å². The third kappa shape index (κ3) is 4.08. The molecule has 0 atom stereocenters. The van der Waals surface area contributed by atoms with E-state index < -0.39 is 0 Å². The maximum absolute atomic E-state index is 11.6. The van der Waals surface area contributed by atoms with Crippen LogP contribution < -0.4 is 5.32 Å². The van der Waals surface area contributed by atoms with Crippen LogP contribution in [0.15, 0.2) is 24.5 Å². The molecule has 0 radical (unpaired) electrons. The van der Waals surface area contributed by atoms with E-state index in [4.69, 9.17) is 0 Å². The number of aromatic nitrogens is 1. The van der Waals surface area contributed by atoms with Gasteiger partial charge in [0.05, 0.1) is 0 Å². The van der Waals surface area contributed by atoms with Gasteiger partial charge in [0.2, 0.25) is 5.91 Å². The summed E-state index contributed by atoms with van der Waals surface area (Å²) in [7, 11) is 3.66. The van der Waals surface area contributed by atoms with Gasteiger partial charge in [0.1, 0.15) is 0 Å². The van der Waals surface area contributed by atoms with Gasteiger partial charge in [0.15, 0.2) is 0 Å². The first-order valence-electron chi connectivity index (χ1n) is 5.01. The molecule has 0 fully saturated rings. The van der Waals surface area contributed by atoms with Crippen LogP contribution in [0.2, 0.25) is 0 Å². The van der Waals surface area contributed by atoms with Crippen LogP contribution in [0.4, 0.5) is 0 Å². The average Bonchev–Trinajstić information content (AvgIpc) is 2.27. The summed E-state index contributed by atoms with van der Waals surface area (Å²) < 4.78 is 0. The van der Waals surface area contributed by atoms with Crippen LogP contribution in [0.1, 0.15) is 12.0 Å². The molecule has 1 amide bonds. The molecule has 1 aromatic rings. The first-order chi connectivity index (χ1) is 7.24. The number of nitrogens with zero attached hydrogens (tertiary/aromatic N) is 2. The lowest BCUT2D eigenvalue weighted by Crippen LogP contribution is -2.28. The van der Waals surface area contributed by atoms with Crippen molar-refractivity contribution in [2.45, 2.75) is 13.0 Å². The van der Waals surface area contributed by atoms with Crippen LogP contribution in [0, 0.1) is 0 Å². The normalized spacial score (nSPS) is 10.0. The van der Waals surface area contributed by atoms with Gasteiger partial charge in [-0.25, -0.2) is 0 Å². The van der Waals surface area contributed by atoms with Crippen molar-refractivity contribution in [1.29, 1.82) is 0 Å². The molecule has 0 saturated heterocycles. The Hall–Kier alpha value is -1.42. The number of pyridine rings is 1. The van der Waals surface area contributed by atoms with E-state index >= 15 is 0 Å². The Morgan fingerprint density at radius 3 is 2.73 bits per heavy atom. The Bertz CT molecular complexity index is 300. The van der Waals surface area contributed by atoms with Gasteiger partial charge in [-0.2, -0.15) is 0 Å². The SMILES string of the molecule is CNCCC(=O)N(C)Cc1ccncc1. The highest BCUT2D eigenvalue weighted by molar-refractivity contribution is 5.76. The quantitative estimate of drug-likeness (QED) is 0.771. The molecule has 1 N–H and O–H groups in total. The summed E-state index contributed by atoms with van der Waals surface area (Å²) in [5.41, 5.74) is 1.10. The Morgan fingerprint density at radius 2 is 2.13 bits per heavy atom. The molecule has 82 valence electrons.